The molecule has 3 aliphatic heterocycles. The van der Waals surface area contributed by atoms with Gasteiger partial charge in [-0.1, -0.05) is 6.07 Å². The summed E-state index contributed by atoms with van der Waals surface area (Å²) in [5, 5.41) is 0. The maximum absolute atomic E-state index is 13.2. The number of hydrogen-bond donors (Lipinski definition) is 2. The van der Waals surface area contributed by atoms with Crippen LogP contribution in [0, 0.1) is 0 Å². The summed E-state index contributed by atoms with van der Waals surface area (Å²) in [5.74, 6) is -0.124. The first-order valence-corrected chi connectivity index (χ1v) is 12.5. The molecule has 3 N–H and O–H groups in total. The van der Waals surface area contributed by atoms with Gasteiger partial charge in [-0.15, -0.1) is 0 Å². The molecule has 0 spiro atoms. The van der Waals surface area contributed by atoms with Crippen molar-refractivity contribution in [2.45, 2.75) is 43.5 Å². The van der Waals surface area contributed by atoms with Crippen molar-refractivity contribution in [1.29, 1.82) is 0 Å². The highest BCUT2D eigenvalue weighted by atomic mass is 31.2. The van der Waals surface area contributed by atoms with Gasteiger partial charge in [-0.05, 0) is 18.6 Å². The van der Waals surface area contributed by atoms with Gasteiger partial charge >= 0.3 is 14.0 Å². The van der Waals surface area contributed by atoms with Crippen molar-refractivity contribution in [2.75, 3.05) is 18.9 Å². The van der Waals surface area contributed by atoms with Crippen LogP contribution in [-0.2, 0) is 32.3 Å². The molecule has 3 saturated heterocycles. The first-order chi connectivity index (χ1) is 17.3. The van der Waals surface area contributed by atoms with Gasteiger partial charge in [0, 0.05) is 18.8 Å². The van der Waals surface area contributed by atoms with Crippen molar-refractivity contribution in [1.82, 2.24) is 24.5 Å². The third-order valence-corrected chi connectivity index (χ3v) is 7.74. The summed E-state index contributed by atoms with van der Waals surface area (Å²) >= 11 is 0. The largest absolute Gasteiger partial charge is 0.509 e. The van der Waals surface area contributed by atoms with Crippen LogP contribution in [0.4, 0.5) is 10.7 Å². The number of rotatable bonds is 5. The average Bonchev–Trinajstić information content (AvgIpc) is 3.47. The molecule has 0 aromatic carbocycles. The monoisotopic (exact) mass is 520 g/mol. The number of nitrogens with zero attached hydrogens (tertiary/aromatic N) is 4. The summed E-state index contributed by atoms with van der Waals surface area (Å²) in [4.78, 5) is 38.9. The molecular formula is C20H21N6O9P. The van der Waals surface area contributed by atoms with E-state index in [2.05, 4.69) is 19.9 Å². The smallest absolute Gasteiger partial charge is 0.424 e. The van der Waals surface area contributed by atoms with Crippen LogP contribution in [0.5, 0.6) is 0 Å². The van der Waals surface area contributed by atoms with Gasteiger partial charge in [-0.25, -0.2) is 14.3 Å². The van der Waals surface area contributed by atoms with Gasteiger partial charge < -0.3 is 19.9 Å². The maximum atomic E-state index is 13.2. The van der Waals surface area contributed by atoms with Crippen molar-refractivity contribution in [3.8, 4) is 0 Å². The molecule has 0 aliphatic carbocycles. The Kier molecular flexibility index (Phi) is 5.35. The highest BCUT2D eigenvalue weighted by Crippen LogP contribution is 2.58. The van der Waals surface area contributed by atoms with E-state index in [4.69, 9.17) is 33.5 Å². The molecule has 0 amide bonds. The summed E-state index contributed by atoms with van der Waals surface area (Å²) in [6.07, 6.45) is 0.699. The normalized spacial score (nSPS) is 33.9. The quantitative estimate of drug-likeness (QED) is 0.364. The second kappa shape index (κ2) is 8.35. The van der Waals surface area contributed by atoms with E-state index >= 15 is 0 Å². The Morgan fingerprint density at radius 3 is 3.06 bits per heavy atom. The zero-order chi connectivity index (χ0) is 25.1. The van der Waals surface area contributed by atoms with Gasteiger partial charge in [0.1, 0.15) is 6.10 Å². The molecule has 15 nitrogen and oxygen atoms in total. The third-order valence-electron chi connectivity index (χ3n) is 6.27. The Bertz CT molecular complexity index is 1430. The summed E-state index contributed by atoms with van der Waals surface area (Å²) in [7, 11) is -3.98. The Labute approximate surface area is 202 Å². The van der Waals surface area contributed by atoms with Crippen molar-refractivity contribution >= 4 is 31.1 Å². The molecule has 0 unspecified atom stereocenters. The third kappa shape index (κ3) is 3.76. The number of nitrogen functional groups attached to an aromatic ring is 1. The van der Waals surface area contributed by atoms with Crippen molar-refractivity contribution < 1.29 is 37.1 Å². The van der Waals surface area contributed by atoms with E-state index in [-0.39, 0.29) is 30.3 Å². The Morgan fingerprint density at radius 1 is 1.39 bits per heavy atom. The molecule has 0 bridgehead atoms. The average molecular weight is 520 g/mol. The Morgan fingerprint density at radius 2 is 2.25 bits per heavy atom. The molecule has 3 aromatic heterocycles. The van der Waals surface area contributed by atoms with Crippen LogP contribution < -0.4 is 11.3 Å². The molecule has 3 fully saturated rings. The summed E-state index contributed by atoms with van der Waals surface area (Å²) < 4.78 is 48.2. The molecule has 190 valence electrons. The molecule has 3 aromatic rings. The van der Waals surface area contributed by atoms with Gasteiger partial charge in [0.2, 0.25) is 5.95 Å². The zero-order valence-corrected chi connectivity index (χ0v) is 19.7. The number of fused-ring (bicyclic) bond motifs is 2. The van der Waals surface area contributed by atoms with E-state index in [1.807, 2.05) is 0 Å². The number of nitrogens with one attached hydrogen (secondary N) is 1. The summed E-state index contributed by atoms with van der Waals surface area (Å²) in [6.45, 7) is 1.43. The van der Waals surface area contributed by atoms with Gasteiger partial charge in [-0.2, -0.15) is 4.98 Å². The first-order valence-electron chi connectivity index (χ1n) is 11.0. The minimum absolute atomic E-state index is 0.0211. The molecule has 6 atom stereocenters. The lowest BCUT2D eigenvalue weighted by molar-refractivity contribution is -0.0925. The van der Waals surface area contributed by atoms with E-state index in [1.54, 1.807) is 31.5 Å². The SMILES string of the molecule is C[C@@]12OC(=O)O[C@@H]1[C@@H](CO[P@@]1(=O)OCC[C@@H](c3cccnc3)O1)O[C@H]2n1cnc2c(=O)[nH]c(N)nc21. The number of carbonyl (C=O) groups is 1. The number of anilines is 1. The lowest BCUT2D eigenvalue weighted by atomic mass is 9.96. The Balaban J connectivity index is 1.25. The zero-order valence-electron chi connectivity index (χ0n) is 18.8. The van der Waals surface area contributed by atoms with E-state index < -0.39 is 49.7 Å². The molecule has 0 radical (unpaired) electrons. The standard InChI is InChI=1S/C20H21N6O9P/c1-20-14(33-19(28)34-20)12(32-17(20)26-9-23-13-15(26)24-18(21)25-16(13)27)8-31-36(29)30-6-4-11(35-36)10-3-2-5-22-7-10/h2-3,5,7,9,11-12,14,17H,4,6,8H2,1H3,(H3,21,24,25,27)/t11-,12+,14+,17+,20+,36+/m0/s1. The van der Waals surface area contributed by atoms with Crippen LogP contribution in [0.3, 0.4) is 0 Å². The predicted molar refractivity (Wildman–Crippen MR) is 118 cm³/mol. The molecule has 6 rings (SSSR count). The number of nitrogens with two attached hydrogens (primary N) is 1. The topological polar surface area (TPSA) is 192 Å². The number of carbonyl (C=O) groups excluding carboxylic acids is 1. The number of aromatic amines is 1. The molecule has 3 aliphatic rings. The van der Waals surface area contributed by atoms with Crippen LogP contribution in [0.15, 0.2) is 35.6 Å². The van der Waals surface area contributed by atoms with E-state index in [9.17, 15) is 14.2 Å². The minimum atomic E-state index is -3.98. The number of H-pyrrole nitrogens is 1. The lowest BCUT2D eigenvalue weighted by Crippen LogP contribution is -2.42. The number of phosphoric acid groups is 1. The van der Waals surface area contributed by atoms with Crippen molar-refractivity contribution in [3.63, 3.8) is 0 Å². The highest BCUT2D eigenvalue weighted by molar-refractivity contribution is 7.48. The molecule has 16 heteroatoms. The molecule has 36 heavy (non-hydrogen) atoms. The number of ether oxygens (including phenoxy) is 3. The van der Waals surface area contributed by atoms with Crippen LogP contribution in [0.25, 0.3) is 11.2 Å². The van der Waals surface area contributed by atoms with Crippen LogP contribution in [0.2, 0.25) is 0 Å². The predicted octanol–water partition coefficient (Wildman–Crippen LogP) is 1.59. The Hall–Kier alpha value is -3.36. The number of hydrogen-bond acceptors (Lipinski definition) is 13. The molecule has 6 heterocycles. The number of phosphoric ester groups is 1. The second-order valence-electron chi connectivity index (χ2n) is 8.62. The highest BCUT2D eigenvalue weighted by Gasteiger charge is 2.64. The number of aromatic nitrogens is 5. The van der Waals surface area contributed by atoms with Crippen molar-refractivity contribution in [3.05, 3.63) is 46.8 Å². The summed E-state index contributed by atoms with van der Waals surface area (Å²) in [5.41, 5.74) is 4.69. The fourth-order valence-electron chi connectivity index (χ4n) is 4.61. The lowest BCUT2D eigenvalue weighted by Gasteiger charge is -2.29. The molecule has 0 saturated carbocycles. The fraction of sp³-hybridized carbons (Fsp3) is 0.450. The van der Waals surface area contributed by atoms with Crippen LogP contribution in [-0.4, -0.2) is 61.7 Å². The van der Waals surface area contributed by atoms with Gasteiger partial charge in [0.15, 0.2) is 29.1 Å². The molecular weight excluding hydrogens is 499 g/mol. The van der Waals surface area contributed by atoms with E-state index in [1.165, 1.54) is 10.9 Å². The first kappa shape index (κ1) is 23.1. The van der Waals surface area contributed by atoms with E-state index in [0.29, 0.717) is 6.42 Å². The second-order valence-corrected chi connectivity index (χ2v) is 10.2. The fourth-order valence-corrected chi connectivity index (χ4v) is 6.00. The number of pyridine rings is 1. The van der Waals surface area contributed by atoms with Crippen molar-refractivity contribution in [2.24, 2.45) is 0 Å². The minimum Gasteiger partial charge on any atom is -0.424 e. The number of imidazole rings is 1. The van der Waals surface area contributed by atoms with Crippen LogP contribution in [0.1, 0.15) is 31.2 Å². The van der Waals surface area contributed by atoms with Crippen LogP contribution >= 0.6 is 7.82 Å². The van der Waals surface area contributed by atoms with Gasteiger partial charge in [0.05, 0.1) is 25.6 Å². The van der Waals surface area contributed by atoms with Gasteiger partial charge in [-0.3, -0.25) is 32.9 Å². The van der Waals surface area contributed by atoms with E-state index in [0.717, 1.165) is 5.56 Å². The summed E-state index contributed by atoms with van der Waals surface area (Å²) in [6, 6.07) is 3.55. The maximum Gasteiger partial charge on any atom is 0.509 e. The van der Waals surface area contributed by atoms with Gasteiger partial charge in [0.25, 0.3) is 5.56 Å².